The monoisotopic (exact) mass is 432 g/mol. The topological polar surface area (TPSA) is 124 Å². The molecule has 1 aromatic carbocycles. The summed E-state index contributed by atoms with van der Waals surface area (Å²) in [5.41, 5.74) is 1.61. The molecule has 3 aromatic rings. The number of nitrogens with one attached hydrogen (secondary N) is 3. The number of fused-ring (bicyclic) bond motifs is 1. The van der Waals surface area contributed by atoms with Crippen molar-refractivity contribution in [3.63, 3.8) is 0 Å². The Balaban J connectivity index is 1.41. The van der Waals surface area contributed by atoms with Gasteiger partial charge in [-0.25, -0.2) is 4.79 Å². The quantitative estimate of drug-likeness (QED) is 0.390. The van der Waals surface area contributed by atoms with Crippen molar-refractivity contribution in [3.05, 3.63) is 28.7 Å². The Kier molecular flexibility index (Phi) is 5.41. The van der Waals surface area contributed by atoms with Crippen molar-refractivity contribution in [3.8, 4) is 0 Å². The van der Waals surface area contributed by atoms with Crippen LogP contribution in [0.15, 0.2) is 27.3 Å². The van der Waals surface area contributed by atoms with Gasteiger partial charge in [-0.2, -0.15) is 0 Å². The zero-order chi connectivity index (χ0) is 20.5. The standard InChI is InChI=1S/C18H20N6O3S2/c1-3-14(25)24(11-5-6-11)17-22-23-18(29-17)28-9(2)15(26)19-10-4-7-12-13(8-10)21-16(27)20-12/h4,7-9,11H,3,5-6H2,1-2H3,(H,19,26)(H2,20,21,27)/t9-/m1/s1. The number of H-pyrrole nitrogens is 2. The molecule has 0 radical (unpaired) electrons. The summed E-state index contributed by atoms with van der Waals surface area (Å²) in [6, 6.07) is 5.39. The molecule has 29 heavy (non-hydrogen) atoms. The second-order valence-electron chi connectivity index (χ2n) is 6.79. The van der Waals surface area contributed by atoms with Crippen LogP contribution in [0.25, 0.3) is 11.0 Å². The third kappa shape index (κ3) is 4.35. The van der Waals surface area contributed by atoms with Crippen molar-refractivity contribution < 1.29 is 9.59 Å². The van der Waals surface area contributed by atoms with E-state index in [1.165, 1.54) is 23.1 Å². The molecule has 0 spiro atoms. The first-order valence-electron chi connectivity index (χ1n) is 9.29. The van der Waals surface area contributed by atoms with E-state index in [0.717, 1.165) is 12.8 Å². The minimum absolute atomic E-state index is 0.0455. The number of hydrogen-bond donors (Lipinski definition) is 3. The summed E-state index contributed by atoms with van der Waals surface area (Å²) in [7, 11) is 0. The molecule has 4 rings (SSSR count). The van der Waals surface area contributed by atoms with Crippen molar-refractivity contribution in [2.45, 2.75) is 48.7 Å². The van der Waals surface area contributed by atoms with E-state index in [1.807, 2.05) is 6.92 Å². The van der Waals surface area contributed by atoms with Crippen molar-refractivity contribution >= 4 is 56.8 Å². The van der Waals surface area contributed by atoms with E-state index in [2.05, 4.69) is 25.5 Å². The van der Waals surface area contributed by atoms with Gasteiger partial charge in [0.25, 0.3) is 0 Å². The Morgan fingerprint density at radius 1 is 1.31 bits per heavy atom. The number of carbonyl (C=O) groups is 2. The molecule has 0 bridgehead atoms. The number of benzene rings is 1. The van der Waals surface area contributed by atoms with Gasteiger partial charge >= 0.3 is 5.69 Å². The lowest BCUT2D eigenvalue weighted by Crippen LogP contribution is -2.32. The first kappa shape index (κ1) is 19.6. The van der Waals surface area contributed by atoms with Crippen LogP contribution in [0.5, 0.6) is 0 Å². The van der Waals surface area contributed by atoms with Gasteiger partial charge in [0.05, 0.1) is 16.3 Å². The average Bonchev–Trinajstić information content (AvgIpc) is 3.30. The Labute approximate surface area is 174 Å². The first-order valence-corrected chi connectivity index (χ1v) is 11.0. The van der Waals surface area contributed by atoms with Crippen LogP contribution < -0.4 is 15.9 Å². The summed E-state index contributed by atoms with van der Waals surface area (Å²) in [5, 5.41) is 11.3. The highest BCUT2D eigenvalue weighted by molar-refractivity contribution is 8.02. The van der Waals surface area contributed by atoms with E-state index in [4.69, 9.17) is 0 Å². The fourth-order valence-corrected chi connectivity index (χ4v) is 4.95. The SMILES string of the molecule is CCC(=O)N(c1nnc(S[C@H](C)C(=O)Nc2ccc3[nH]c(=O)[nH]c3c2)s1)C1CC1. The van der Waals surface area contributed by atoms with Crippen LogP contribution in [0.4, 0.5) is 10.8 Å². The predicted molar refractivity (Wildman–Crippen MR) is 114 cm³/mol. The molecule has 11 heteroatoms. The third-order valence-electron chi connectivity index (χ3n) is 4.52. The fraction of sp³-hybridized carbons (Fsp3) is 0.389. The number of anilines is 2. The normalized spacial score (nSPS) is 14.7. The molecular weight excluding hydrogens is 412 g/mol. The van der Waals surface area contributed by atoms with E-state index in [9.17, 15) is 14.4 Å². The van der Waals surface area contributed by atoms with E-state index >= 15 is 0 Å². The molecule has 9 nitrogen and oxygen atoms in total. The Morgan fingerprint density at radius 3 is 2.79 bits per heavy atom. The summed E-state index contributed by atoms with van der Waals surface area (Å²) in [4.78, 5) is 43.2. The largest absolute Gasteiger partial charge is 0.325 e. The van der Waals surface area contributed by atoms with Crippen molar-refractivity contribution in [1.82, 2.24) is 20.2 Å². The molecule has 1 aliphatic rings. The lowest BCUT2D eigenvalue weighted by atomic mass is 10.2. The molecule has 0 saturated heterocycles. The lowest BCUT2D eigenvalue weighted by molar-refractivity contribution is -0.118. The second-order valence-corrected chi connectivity index (χ2v) is 9.33. The summed E-state index contributed by atoms with van der Waals surface area (Å²) in [6.45, 7) is 3.62. The van der Waals surface area contributed by atoms with Gasteiger partial charge in [0.1, 0.15) is 0 Å². The Morgan fingerprint density at radius 2 is 2.07 bits per heavy atom. The number of aromatic nitrogens is 4. The molecule has 1 aliphatic carbocycles. The second kappa shape index (κ2) is 7.99. The van der Waals surface area contributed by atoms with E-state index < -0.39 is 5.25 Å². The van der Waals surface area contributed by atoms with Crippen LogP contribution in [0.1, 0.15) is 33.1 Å². The Bertz CT molecular complexity index is 1120. The number of hydrogen-bond acceptors (Lipinski definition) is 7. The fourth-order valence-electron chi connectivity index (χ4n) is 2.88. The lowest BCUT2D eigenvalue weighted by Gasteiger charge is -2.17. The molecule has 0 unspecified atom stereocenters. The van der Waals surface area contributed by atoms with Gasteiger partial charge in [0, 0.05) is 18.2 Å². The highest BCUT2D eigenvalue weighted by Gasteiger charge is 2.35. The van der Waals surface area contributed by atoms with Gasteiger partial charge in [0.15, 0.2) is 4.34 Å². The molecule has 2 amide bonds. The summed E-state index contributed by atoms with van der Waals surface area (Å²) < 4.78 is 0.641. The van der Waals surface area contributed by atoms with Crippen molar-refractivity contribution in [2.75, 3.05) is 10.2 Å². The third-order valence-corrected chi connectivity index (χ3v) is 6.62. The minimum atomic E-state index is -0.409. The number of aromatic amines is 2. The van der Waals surface area contributed by atoms with Gasteiger partial charge in [0.2, 0.25) is 16.9 Å². The highest BCUT2D eigenvalue weighted by atomic mass is 32.2. The number of thioether (sulfide) groups is 1. The van der Waals surface area contributed by atoms with Crippen LogP contribution in [-0.2, 0) is 9.59 Å². The summed E-state index contributed by atoms with van der Waals surface area (Å²) in [6.07, 6.45) is 2.40. The van der Waals surface area contributed by atoms with E-state index in [1.54, 1.807) is 30.0 Å². The maximum atomic E-state index is 12.6. The zero-order valence-electron chi connectivity index (χ0n) is 15.9. The molecule has 152 valence electrons. The molecule has 0 aliphatic heterocycles. The van der Waals surface area contributed by atoms with E-state index in [-0.39, 0.29) is 23.5 Å². The van der Waals surface area contributed by atoms with Gasteiger partial charge < -0.3 is 15.3 Å². The number of nitrogens with zero attached hydrogens (tertiary/aromatic N) is 3. The number of amides is 2. The molecule has 1 fully saturated rings. The average molecular weight is 433 g/mol. The maximum absolute atomic E-state index is 12.6. The summed E-state index contributed by atoms with van der Waals surface area (Å²) >= 11 is 2.63. The van der Waals surface area contributed by atoms with E-state index in [0.29, 0.717) is 32.6 Å². The van der Waals surface area contributed by atoms with Gasteiger partial charge in [-0.05, 0) is 38.0 Å². The van der Waals surface area contributed by atoms with Crippen LogP contribution in [0, 0.1) is 0 Å². The predicted octanol–water partition coefficient (Wildman–Crippen LogP) is 2.73. The molecule has 3 N–H and O–H groups in total. The van der Waals surface area contributed by atoms with Crippen LogP contribution >= 0.6 is 23.1 Å². The van der Waals surface area contributed by atoms with Crippen LogP contribution in [0.2, 0.25) is 0 Å². The number of imidazole rings is 1. The van der Waals surface area contributed by atoms with Crippen LogP contribution in [-0.4, -0.2) is 43.3 Å². The Hall–Kier alpha value is -2.66. The minimum Gasteiger partial charge on any atom is -0.325 e. The molecule has 1 atom stereocenters. The van der Waals surface area contributed by atoms with Gasteiger partial charge in [-0.3, -0.25) is 14.5 Å². The molecule has 2 aromatic heterocycles. The van der Waals surface area contributed by atoms with Gasteiger partial charge in [-0.1, -0.05) is 30.0 Å². The van der Waals surface area contributed by atoms with Crippen molar-refractivity contribution in [2.24, 2.45) is 0 Å². The molecule has 2 heterocycles. The number of rotatable bonds is 7. The number of carbonyl (C=O) groups excluding carboxylic acids is 2. The first-order chi connectivity index (χ1) is 13.9. The zero-order valence-corrected chi connectivity index (χ0v) is 17.5. The van der Waals surface area contributed by atoms with Gasteiger partial charge in [-0.15, -0.1) is 10.2 Å². The highest BCUT2D eigenvalue weighted by Crippen LogP contribution is 2.37. The van der Waals surface area contributed by atoms with Crippen LogP contribution in [0.3, 0.4) is 0 Å². The summed E-state index contributed by atoms with van der Waals surface area (Å²) in [5.74, 6) is -0.142. The molecule has 1 saturated carbocycles. The van der Waals surface area contributed by atoms with Crippen molar-refractivity contribution in [1.29, 1.82) is 0 Å². The maximum Gasteiger partial charge on any atom is 0.323 e. The molecular formula is C18H20N6O3S2. The smallest absolute Gasteiger partial charge is 0.323 e.